The summed E-state index contributed by atoms with van der Waals surface area (Å²) < 4.78 is 21.9. The first-order chi connectivity index (χ1) is 18.1. The zero-order valence-corrected chi connectivity index (χ0v) is 21.5. The Hall–Kier alpha value is -3.98. The molecule has 0 saturated heterocycles. The van der Waals surface area contributed by atoms with Gasteiger partial charge in [0.1, 0.15) is 17.6 Å². The summed E-state index contributed by atoms with van der Waals surface area (Å²) in [7, 11) is 1.34. The number of carbonyl (C=O) groups excluding carboxylic acids is 2. The number of nitrogens with zero attached hydrogens (tertiary/aromatic N) is 1. The molecule has 1 aliphatic carbocycles. The fourth-order valence-electron chi connectivity index (χ4n) is 4.55. The van der Waals surface area contributed by atoms with E-state index < -0.39 is 35.1 Å². The number of carbonyl (C=O) groups is 3. The van der Waals surface area contributed by atoms with Gasteiger partial charge in [-0.2, -0.15) is 0 Å². The van der Waals surface area contributed by atoms with E-state index in [1.807, 2.05) is 0 Å². The number of hydrogen-bond acceptors (Lipinski definition) is 5. The Bertz CT molecular complexity index is 1460. The summed E-state index contributed by atoms with van der Waals surface area (Å²) >= 11 is 5.99. The lowest BCUT2D eigenvalue weighted by molar-refractivity contribution is -0.120. The summed E-state index contributed by atoms with van der Waals surface area (Å²) in [6.07, 6.45) is 4.63. The Morgan fingerprint density at radius 2 is 1.87 bits per heavy atom. The molecule has 1 atom stereocenters. The number of methoxy groups -OCH3 is 1. The van der Waals surface area contributed by atoms with E-state index in [1.54, 1.807) is 0 Å². The standard InChI is InChI=1S/C28H26ClFN2O6/c1-15(33)19-10-11-21(29)26(30)25(19)20-13-24(34)32(14-23(20)38-2)22(12-16-4-3-5-16)27(35)31-18-8-6-17(7-9-18)28(36)37/h6-11,13-14,16,22H,3-5,12H2,1-2H3,(H,31,35)(H,36,37)/t22-/m1/s1. The second-order valence-electron chi connectivity index (χ2n) is 9.26. The molecule has 0 radical (unpaired) electrons. The lowest BCUT2D eigenvalue weighted by atomic mass is 9.80. The van der Waals surface area contributed by atoms with Crippen molar-refractivity contribution in [2.45, 2.75) is 38.6 Å². The number of aromatic carboxylic acids is 1. The van der Waals surface area contributed by atoms with Crippen molar-refractivity contribution in [2.24, 2.45) is 5.92 Å². The molecule has 4 rings (SSSR count). The van der Waals surface area contributed by atoms with Crippen LogP contribution in [0.5, 0.6) is 5.75 Å². The van der Waals surface area contributed by atoms with Crippen LogP contribution in [0.1, 0.15) is 59.4 Å². The predicted octanol–water partition coefficient (Wildman–Crippen LogP) is 5.59. The molecule has 2 aromatic carbocycles. The summed E-state index contributed by atoms with van der Waals surface area (Å²) in [5.74, 6) is -2.50. The van der Waals surface area contributed by atoms with Gasteiger partial charge in [-0.05, 0) is 55.7 Å². The molecule has 0 bridgehead atoms. The summed E-state index contributed by atoms with van der Waals surface area (Å²) in [5, 5.41) is 11.6. The molecular formula is C28H26ClFN2O6. The second kappa shape index (κ2) is 11.2. The van der Waals surface area contributed by atoms with Gasteiger partial charge in [-0.1, -0.05) is 30.9 Å². The van der Waals surface area contributed by atoms with Crippen LogP contribution in [0.3, 0.4) is 0 Å². The molecule has 10 heteroatoms. The third-order valence-electron chi connectivity index (χ3n) is 6.83. The van der Waals surface area contributed by atoms with Crippen molar-refractivity contribution in [1.82, 2.24) is 4.57 Å². The highest BCUT2D eigenvalue weighted by Crippen LogP contribution is 2.38. The van der Waals surface area contributed by atoms with Gasteiger partial charge in [0.2, 0.25) is 5.91 Å². The van der Waals surface area contributed by atoms with Gasteiger partial charge in [-0.3, -0.25) is 19.0 Å². The molecule has 8 nitrogen and oxygen atoms in total. The monoisotopic (exact) mass is 540 g/mol. The summed E-state index contributed by atoms with van der Waals surface area (Å²) in [6, 6.07) is 8.57. The minimum absolute atomic E-state index is 0.0379. The number of rotatable bonds is 9. The van der Waals surface area contributed by atoms with Crippen molar-refractivity contribution in [3.8, 4) is 16.9 Å². The van der Waals surface area contributed by atoms with Crippen LogP contribution in [0, 0.1) is 11.7 Å². The summed E-state index contributed by atoms with van der Waals surface area (Å²) in [4.78, 5) is 50.1. The Balaban J connectivity index is 1.77. The van der Waals surface area contributed by atoms with Gasteiger partial charge >= 0.3 is 5.97 Å². The third-order valence-corrected chi connectivity index (χ3v) is 7.12. The molecule has 1 saturated carbocycles. The average molecular weight is 541 g/mol. The van der Waals surface area contributed by atoms with E-state index in [4.69, 9.17) is 21.4 Å². The van der Waals surface area contributed by atoms with Crippen molar-refractivity contribution in [1.29, 1.82) is 0 Å². The first-order valence-corrected chi connectivity index (χ1v) is 12.4. The predicted molar refractivity (Wildman–Crippen MR) is 141 cm³/mol. The quantitative estimate of drug-likeness (QED) is 0.342. The molecule has 1 fully saturated rings. The largest absolute Gasteiger partial charge is 0.495 e. The number of carboxylic acids is 1. The number of benzene rings is 2. The average Bonchev–Trinajstić information content (AvgIpc) is 2.85. The maximum Gasteiger partial charge on any atom is 0.335 e. The van der Waals surface area contributed by atoms with Crippen LogP contribution in [0.4, 0.5) is 10.1 Å². The number of carboxylic acid groups (broad SMARTS) is 1. The lowest BCUT2D eigenvalue weighted by Crippen LogP contribution is -2.35. The summed E-state index contributed by atoms with van der Waals surface area (Å²) in [5.41, 5.74) is -0.201. The molecule has 0 spiro atoms. The van der Waals surface area contributed by atoms with Crippen LogP contribution in [0.15, 0.2) is 53.5 Å². The zero-order chi connectivity index (χ0) is 27.6. The van der Waals surface area contributed by atoms with Crippen LogP contribution in [0.2, 0.25) is 5.02 Å². The normalized spacial score (nSPS) is 13.9. The number of halogens is 2. The molecule has 2 N–H and O–H groups in total. The number of ether oxygens (including phenoxy) is 1. The topological polar surface area (TPSA) is 115 Å². The van der Waals surface area contributed by atoms with Crippen molar-refractivity contribution < 1.29 is 28.6 Å². The zero-order valence-electron chi connectivity index (χ0n) is 20.8. The Morgan fingerprint density at radius 1 is 1.18 bits per heavy atom. The first kappa shape index (κ1) is 27.1. The molecule has 1 aliphatic rings. The van der Waals surface area contributed by atoms with Crippen LogP contribution >= 0.6 is 11.6 Å². The molecule has 0 unspecified atom stereocenters. The number of ketones is 1. The van der Waals surface area contributed by atoms with E-state index in [0.29, 0.717) is 12.1 Å². The number of amides is 1. The van der Waals surface area contributed by atoms with Gasteiger partial charge in [0, 0.05) is 28.4 Å². The minimum atomic E-state index is -1.09. The smallest absolute Gasteiger partial charge is 0.335 e. The maximum absolute atomic E-state index is 15.1. The highest BCUT2D eigenvalue weighted by molar-refractivity contribution is 6.31. The number of anilines is 1. The van der Waals surface area contributed by atoms with Crippen molar-refractivity contribution in [2.75, 3.05) is 12.4 Å². The molecule has 198 valence electrons. The van der Waals surface area contributed by atoms with Crippen LogP contribution < -0.4 is 15.6 Å². The maximum atomic E-state index is 15.1. The molecule has 1 amide bonds. The van der Waals surface area contributed by atoms with Gasteiger partial charge in [0.15, 0.2) is 5.78 Å². The van der Waals surface area contributed by atoms with Gasteiger partial charge in [0.25, 0.3) is 5.56 Å². The fourth-order valence-corrected chi connectivity index (χ4v) is 4.71. The van der Waals surface area contributed by atoms with Crippen molar-refractivity contribution in [3.05, 3.63) is 81.0 Å². The molecule has 1 aromatic heterocycles. The van der Waals surface area contributed by atoms with Crippen molar-refractivity contribution in [3.63, 3.8) is 0 Å². The van der Waals surface area contributed by atoms with E-state index in [-0.39, 0.29) is 38.9 Å². The van der Waals surface area contributed by atoms with Gasteiger partial charge < -0.3 is 15.2 Å². The van der Waals surface area contributed by atoms with Crippen molar-refractivity contribution >= 4 is 34.9 Å². The third kappa shape index (κ3) is 5.47. The molecule has 38 heavy (non-hydrogen) atoms. The van der Waals surface area contributed by atoms with Crippen LogP contribution in [0.25, 0.3) is 11.1 Å². The number of pyridine rings is 1. The number of hydrogen-bond donors (Lipinski definition) is 2. The SMILES string of the molecule is COc1cn([C@H](CC2CCC2)C(=O)Nc2ccc(C(=O)O)cc2)c(=O)cc1-c1c(C(C)=O)ccc(Cl)c1F. The molecule has 0 aliphatic heterocycles. The number of Topliss-reactive ketones (excluding diaryl/α,β-unsaturated/α-hetero) is 1. The number of nitrogens with one attached hydrogen (secondary N) is 1. The van der Waals surface area contributed by atoms with Gasteiger partial charge in [-0.25, -0.2) is 9.18 Å². The Labute approximate surface area is 223 Å². The van der Waals surface area contributed by atoms with Crippen LogP contribution in [-0.2, 0) is 4.79 Å². The van der Waals surface area contributed by atoms with Crippen LogP contribution in [-0.4, -0.2) is 34.4 Å². The lowest BCUT2D eigenvalue weighted by Gasteiger charge is -2.30. The fraction of sp³-hybridized carbons (Fsp3) is 0.286. The van der Waals surface area contributed by atoms with Gasteiger partial charge in [-0.15, -0.1) is 0 Å². The summed E-state index contributed by atoms with van der Waals surface area (Å²) in [6.45, 7) is 1.28. The van der Waals surface area contributed by atoms with E-state index in [0.717, 1.165) is 25.3 Å². The molecule has 3 aromatic rings. The molecule has 1 heterocycles. The van der Waals surface area contributed by atoms with Gasteiger partial charge in [0.05, 0.1) is 23.9 Å². The first-order valence-electron chi connectivity index (χ1n) is 12.0. The molecular weight excluding hydrogens is 515 g/mol. The Kier molecular flexibility index (Phi) is 7.97. The van der Waals surface area contributed by atoms with E-state index >= 15 is 4.39 Å². The minimum Gasteiger partial charge on any atom is -0.495 e. The van der Waals surface area contributed by atoms with E-state index in [1.165, 1.54) is 61.2 Å². The highest BCUT2D eigenvalue weighted by Gasteiger charge is 2.30. The van der Waals surface area contributed by atoms with E-state index in [2.05, 4.69) is 5.32 Å². The Morgan fingerprint density at radius 3 is 2.42 bits per heavy atom. The highest BCUT2D eigenvalue weighted by atomic mass is 35.5. The number of aromatic nitrogens is 1. The van der Waals surface area contributed by atoms with E-state index in [9.17, 15) is 19.2 Å². The second-order valence-corrected chi connectivity index (χ2v) is 9.67.